The van der Waals surface area contributed by atoms with Crippen LogP contribution in [-0.2, 0) is 5.41 Å². The predicted molar refractivity (Wildman–Crippen MR) is 499 cm³/mol. The van der Waals surface area contributed by atoms with Crippen molar-refractivity contribution in [2.24, 2.45) is 0 Å². The summed E-state index contributed by atoms with van der Waals surface area (Å²) in [6, 6.07) is 50.7. The second kappa shape index (κ2) is 44.7. The van der Waals surface area contributed by atoms with Gasteiger partial charge < -0.3 is 4.74 Å². The van der Waals surface area contributed by atoms with Crippen LogP contribution in [0, 0.1) is 17.4 Å². The van der Waals surface area contributed by atoms with Gasteiger partial charge in [0.15, 0.2) is 52.0 Å². The van der Waals surface area contributed by atoms with Crippen LogP contribution in [0.15, 0.2) is 206 Å². The smallest absolute Gasteiger partial charge is 0.166 e. The number of ketones is 9. The van der Waals surface area contributed by atoms with E-state index in [2.05, 4.69) is 89.6 Å². The number of hydrogen-bond acceptors (Lipinski definition) is 19. The fourth-order valence-corrected chi connectivity index (χ4v) is 23.5. The third-order valence-corrected chi connectivity index (χ3v) is 30.3. The number of fused-ring (bicyclic) bond motifs is 9. The van der Waals surface area contributed by atoms with E-state index in [4.69, 9.17) is 51.1 Å². The normalized spacial score (nSPS) is 15.9. The molecule has 9 aliphatic rings. The number of benzene rings is 9. The fourth-order valence-electron chi connectivity index (χ4n) is 12.3. The van der Waals surface area contributed by atoms with E-state index in [1.165, 1.54) is 16.7 Å². The molecule has 25 heteroatoms. The summed E-state index contributed by atoms with van der Waals surface area (Å²) in [5.41, 5.74) is 11.3. The highest BCUT2D eigenvalue weighted by Crippen LogP contribution is 2.44. The van der Waals surface area contributed by atoms with Gasteiger partial charge >= 0.3 is 0 Å². The van der Waals surface area contributed by atoms with E-state index < -0.39 is 0 Å². The molecular formula is C90H84BrCl4IO10S9. The first-order chi connectivity index (χ1) is 55.0. The van der Waals surface area contributed by atoms with Crippen LogP contribution < -0.4 is 4.74 Å². The average Bonchev–Trinajstić information content (AvgIpc) is 0.774. The number of ether oxygens (including phenoxy) is 1. The van der Waals surface area contributed by atoms with Crippen LogP contribution in [0.3, 0.4) is 0 Å². The maximum atomic E-state index is 11.8. The predicted octanol–water partition coefficient (Wildman–Crippen LogP) is 28.0. The number of aryl methyl sites for hydroxylation is 2. The van der Waals surface area contributed by atoms with Crippen molar-refractivity contribution in [3.05, 3.63) is 253 Å². The van der Waals surface area contributed by atoms with E-state index >= 15 is 0 Å². The zero-order valence-corrected chi connectivity index (χ0v) is 78.5. The van der Waals surface area contributed by atoms with Crippen molar-refractivity contribution >= 4 is 243 Å². The third kappa shape index (κ3) is 26.7. The van der Waals surface area contributed by atoms with E-state index in [1.807, 2.05) is 131 Å². The lowest BCUT2D eigenvalue weighted by molar-refractivity contribution is 0.0976. The highest BCUT2D eigenvalue weighted by molar-refractivity contribution is 14.1. The molecule has 0 N–H and O–H groups in total. The van der Waals surface area contributed by atoms with Gasteiger partial charge in [-0.2, -0.15) is 0 Å². The summed E-state index contributed by atoms with van der Waals surface area (Å²) in [4.78, 5) is 113. The van der Waals surface area contributed by atoms with Crippen LogP contribution in [0.25, 0.3) is 0 Å². The van der Waals surface area contributed by atoms with Crippen molar-refractivity contribution in [1.82, 2.24) is 0 Å². The Morgan fingerprint density at radius 3 is 1.19 bits per heavy atom. The number of Topliss-reactive ketones (excluding diaryl/α,β-unsaturated/α-hetero) is 9. The minimum absolute atomic E-state index is 0.0999. The monoisotopic (exact) mass is 1960 g/mol. The SMILES string of the molecule is CC(C)(C)c1ccc2c(c1)C(=O)CCS2.CC(C)Oc1ccc(Cl)c2c1SCCC2=O.Cc1ccc2c(c1)C(=O)CCS2.Cc1ccc2c(c1)C(=O)CCS2.O=C1CCSc2c(Cl)cc(Cl)cc21.O=C1CCSc2ccc(Br)cc21.O=C1CCSc2ccc(Cl)cc21.O=C1CCSc2ccc(I)cc21.O=C1CCSc2ccccc21. The molecule has 0 aliphatic carbocycles. The number of carbonyl (C=O) groups excluding carboxylic acids is 9. The quantitative estimate of drug-likeness (QED) is 0.150. The Hall–Kier alpha value is -4.67. The molecule has 0 saturated carbocycles. The van der Waals surface area contributed by atoms with E-state index in [9.17, 15) is 43.2 Å². The maximum absolute atomic E-state index is 11.8. The summed E-state index contributed by atoms with van der Waals surface area (Å²) >= 11 is 44.8. The van der Waals surface area contributed by atoms with Crippen molar-refractivity contribution in [1.29, 1.82) is 0 Å². The van der Waals surface area contributed by atoms with Crippen molar-refractivity contribution in [3.8, 4) is 5.75 Å². The van der Waals surface area contributed by atoms with Crippen LogP contribution in [0.5, 0.6) is 5.75 Å². The molecule has 0 spiro atoms. The van der Waals surface area contributed by atoms with Gasteiger partial charge in [-0.3, -0.25) is 43.2 Å². The Morgan fingerprint density at radius 1 is 0.348 bits per heavy atom. The molecule has 10 nitrogen and oxygen atoms in total. The maximum Gasteiger partial charge on any atom is 0.166 e. The lowest BCUT2D eigenvalue weighted by Crippen LogP contribution is -2.14. The summed E-state index contributed by atoms with van der Waals surface area (Å²) < 4.78 is 7.81. The number of rotatable bonds is 2. The molecule has 9 heterocycles. The van der Waals surface area contributed by atoms with Crippen LogP contribution >= 0.6 is 191 Å². The lowest BCUT2D eigenvalue weighted by Gasteiger charge is -2.22. The second-order valence-electron chi connectivity index (χ2n) is 28.3. The lowest BCUT2D eigenvalue weighted by atomic mass is 9.85. The molecule has 0 unspecified atom stereocenters. The van der Waals surface area contributed by atoms with Crippen LogP contribution in [0.1, 0.15) is 202 Å². The summed E-state index contributed by atoms with van der Waals surface area (Å²) in [7, 11) is 0. The molecule has 0 atom stereocenters. The van der Waals surface area contributed by atoms with Crippen LogP contribution in [0.2, 0.25) is 20.1 Å². The van der Waals surface area contributed by atoms with Gasteiger partial charge in [0.1, 0.15) is 5.75 Å². The molecule has 115 heavy (non-hydrogen) atoms. The molecule has 18 rings (SSSR count). The molecule has 0 fully saturated rings. The Kier molecular flexibility index (Phi) is 36.0. The molecular weight excluding hydrogens is 1880 g/mol. The van der Waals surface area contributed by atoms with Gasteiger partial charge in [-0.25, -0.2) is 0 Å². The van der Waals surface area contributed by atoms with Crippen molar-refractivity contribution < 1.29 is 47.9 Å². The second-order valence-corrected chi connectivity index (χ2v) is 42.3. The zero-order valence-electron chi connectivity index (χ0n) is 64.3. The topological polar surface area (TPSA) is 163 Å². The van der Waals surface area contributed by atoms with Gasteiger partial charge in [-0.1, -0.05) is 131 Å². The van der Waals surface area contributed by atoms with E-state index in [0.29, 0.717) is 118 Å². The Balaban J connectivity index is 0.000000137. The average molecular weight is 1960 g/mol. The van der Waals surface area contributed by atoms with Crippen molar-refractivity contribution in [2.75, 3.05) is 51.8 Å². The minimum atomic E-state index is 0.0999. The third-order valence-electron chi connectivity index (χ3n) is 18.2. The number of carbonyl (C=O) groups is 9. The Labute approximate surface area is 754 Å². The number of hydrogen-bond donors (Lipinski definition) is 0. The summed E-state index contributed by atoms with van der Waals surface area (Å²) in [6.07, 6.45) is 6.01. The van der Waals surface area contributed by atoms with Crippen LogP contribution in [0.4, 0.5) is 0 Å². The highest BCUT2D eigenvalue weighted by Gasteiger charge is 2.28. The largest absolute Gasteiger partial charge is 0.490 e. The number of thioether (sulfide) groups is 9. The Morgan fingerprint density at radius 2 is 0.713 bits per heavy atom. The van der Waals surface area contributed by atoms with Gasteiger partial charge in [-0.15, -0.1) is 106 Å². The summed E-state index contributed by atoms with van der Waals surface area (Å²) in [5, 5.41) is 2.29. The van der Waals surface area contributed by atoms with E-state index in [-0.39, 0.29) is 34.7 Å². The van der Waals surface area contributed by atoms with Gasteiger partial charge in [0.25, 0.3) is 0 Å². The van der Waals surface area contributed by atoms with Crippen molar-refractivity contribution in [2.45, 2.75) is 162 Å². The molecule has 9 aromatic carbocycles. The first-order valence-electron chi connectivity index (χ1n) is 37.3. The zero-order chi connectivity index (χ0) is 82.6. The molecule has 9 aromatic rings. The van der Waals surface area contributed by atoms with E-state index in [1.54, 1.807) is 130 Å². The van der Waals surface area contributed by atoms with Gasteiger partial charge in [-0.05, 0) is 183 Å². The molecule has 600 valence electrons. The van der Waals surface area contributed by atoms with Gasteiger partial charge in [0.2, 0.25) is 0 Å². The van der Waals surface area contributed by atoms with Crippen molar-refractivity contribution in [3.63, 3.8) is 0 Å². The first-order valence-corrected chi connectivity index (χ1v) is 49.5. The molecule has 0 saturated heterocycles. The molecule has 0 radical (unpaired) electrons. The Bertz CT molecular complexity index is 4790. The van der Waals surface area contributed by atoms with E-state index in [0.717, 1.165) is 149 Å². The minimum Gasteiger partial charge on any atom is -0.490 e. The highest BCUT2D eigenvalue weighted by atomic mass is 127. The number of halogens is 6. The molecule has 0 aromatic heterocycles. The summed E-state index contributed by atoms with van der Waals surface area (Å²) in [6.45, 7) is 14.5. The first kappa shape index (κ1) is 92.6. The van der Waals surface area contributed by atoms with Gasteiger partial charge in [0, 0.05) is 211 Å². The standard InChI is InChI=1S/C13H16OS.C12H13ClO2S.2C10H10OS.C9H7BrOS.C9H6Cl2OS.C9H7ClOS.C9H7IOS.C9H8OS/c1-13(2,3)9-4-5-12-10(8-9)11(14)6-7-15-12;1-7(2)15-10-4-3-8(13)11-9(14)5-6-16-12(10)11;2*1-7-2-3-10-8(6-7)9(11)4-5-12-10;10-6-1-2-9-7(5-6)8(11)3-4-12-9;10-5-3-6-8(12)1-2-13-9(6)7(11)4-5;2*10-6-1-2-9-7(5-6)8(11)3-4-12-9;10-8-5-6-11-9-4-2-1-3-7(8)9/h4-5,8H,6-7H2,1-3H3;3-4,7H,5-6H2,1-2H3;2*2-3,6H,4-5H2,1H3;1-2,5H,3-4H2;3-4H,1-2H2;2*1-2,5H,3-4H2;1-4H,5-6H2. The molecule has 0 amide bonds. The molecule has 0 bridgehead atoms. The fraction of sp³-hybridized carbons (Fsp3) is 0.300. The van der Waals surface area contributed by atoms with Crippen LogP contribution in [-0.4, -0.2) is 110 Å². The summed E-state index contributed by atoms with van der Waals surface area (Å²) in [5.74, 6) is 11.1. The van der Waals surface area contributed by atoms with Gasteiger partial charge in [0.05, 0.1) is 26.6 Å². The molecule has 9 aliphatic heterocycles.